The molecule has 0 aliphatic heterocycles. The lowest BCUT2D eigenvalue weighted by Crippen LogP contribution is -2.48. The number of nitrogens with zero attached hydrogens (tertiary/aromatic N) is 1. The maximum Gasteiger partial charge on any atom is 0.250 e. The van der Waals surface area contributed by atoms with Crippen LogP contribution in [0.4, 0.5) is 5.69 Å². The number of aryl methyl sites for hydroxylation is 1. The molecular weight excluding hydrogens is 266 g/mol. The molecule has 1 heterocycles. The second-order valence-electron chi connectivity index (χ2n) is 4.66. The Morgan fingerprint density at radius 3 is 2.58 bits per heavy atom. The minimum Gasteiger partial charge on any atom is -0.323 e. The van der Waals surface area contributed by atoms with Gasteiger partial charge in [0.2, 0.25) is 5.91 Å². The summed E-state index contributed by atoms with van der Waals surface area (Å²) in [6.07, 6.45) is 3.09. The Morgan fingerprint density at radius 1 is 1.42 bits per heavy atom. The van der Waals surface area contributed by atoms with E-state index in [1.165, 1.54) is 10.6 Å². The van der Waals surface area contributed by atoms with Crippen molar-refractivity contribution >= 4 is 24.0 Å². The zero-order valence-electron chi connectivity index (χ0n) is 11.6. The van der Waals surface area contributed by atoms with E-state index in [2.05, 4.69) is 5.32 Å². The molecule has 19 heavy (non-hydrogen) atoms. The zero-order chi connectivity index (χ0) is 13.8. The molecule has 0 aromatic carbocycles. The first kappa shape index (κ1) is 17.7. The van der Waals surface area contributed by atoms with E-state index in [0.29, 0.717) is 18.7 Å². The zero-order valence-corrected chi connectivity index (χ0v) is 12.4. The maximum atomic E-state index is 12.0. The standard InChI is InChI=1S/C13H21N3O2.ClH/c1-4-8-13(3,14)12(18)15-10-6-7-11(17)16(5-2)9-10;/h6-7,9H,4-5,8,14H2,1-3H3,(H,15,18);1H. The Bertz CT molecular complexity index is 483. The fraction of sp³-hybridized carbons (Fsp3) is 0.538. The molecule has 0 fully saturated rings. The number of carbonyl (C=O) groups is 1. The first-order valence-electron chi connectivity index (χ1n) is 6.21. The lowest BCUT2D eigenvalue weighted by atomic mass is 9.96. The van der Waals surface area contributed by atoms with Gasteiger partial charge in [0.1, 0.15) is 0 Å². The Balaban J connectivity index is 0.00000324. The molecule has 0 aliphatic rings. The van der Waals surface area contributed by atoms with Gasteiger partial charge in [-0.25, -0.2) is 0 Å². The molecule has 1 aromatic rings. The first-order valence-corrected chi connectivity index (χ1v) is 6.21. The predicted octanol–water partition coefficient (Wildman–Crippen LogP) is 1.75. The van der Waals surface area contributed by atoms with Crippen molar-refractivity contribution in [1.29, 1.82) is 0 Å². The van der Waals surface area contributed by atoms with Crippen molar-refractivity contribution in [3.8, 4) is 0 Å². The summed E-state index contributed by atoms with van der Waals surface area (Å²) in [6.45, 7) is 6.13. The Kier molecular flexibility index (Phi) is 6.79. The Labute approximate surface area is 119 Å². The van der Waals surface area contributed by atoms with Gasteiger partial charge in [-0.2, -0.15) is 0 Å². The largest absolute Gasteiger partial charge is 0.323 e. The molecule has 0 saturated heterocycles. The lowest BCUT2D eigenvalue weighted by molar-refractivity contribution is -0.120. The third-order valence-electron chi connectivity index (χ3n) is 2.87. The van der Waals surface area contributed by atoms with E-state index in [1.54, 1.807) is 19.2 Å². The number of halogens is 1. The molecule has 0 saturated carbocycles. The van der Waals surface area contributed by atoms with Gasteiger partial charge >= 0.3 is 0 Å². The highest BCUT2D eigenvalue weighted by molar-refractivity contribution is 5.97. The van der Waals surface area contributed by atoms with Crippen molar-refractivity contribution in [3.05, 3.63) is 28.7 Å². The van der Waals surface area contributed by atoms with Gasteiger partial charge in [-0.15, -0.1) is 12.4 Å². The second kappa shape index (κ2) is 7.31. The van der Waals surface area contributed by atoms with E-state index < -0.39 is 5.54 Å². The van der Waals surface area contributed by atoms with Gasteiger partial charge in [0.15, 0.2) is 0 Å². The van der Waals surface area contributed by atoms with E-state index >= 15 is 0 Å². The fourth-order valence-electron chi connectivity index (χ4n) is 1.76. The molecule has 1 aromatic heterocycles. The summed E-state index contributed by atoms with van der Waals surface area (Å²) < 4.78 is 1.53. The number of anilines is 1. The highest BCUT2D eigenvalue weighted by Crippen LogP contribution is 2.12. The van der Waals surface area contributed by atoms with Crippen LogP contribution in [0.1, 0.15) is 33.6 Å². The summed E-state index contributed by atoms with van der Waals surface area (Å²) in [4.78, 5) is 23.4. The summed E-state index contributed by atoms with van der Waals surface area (Å²) in [7, 11) is 0. The van der Waals surface area contributed by atoms with Crippen LogP contribution in [0.3, 0.4) is 0 Å². The van der Waals surface area contributed by atoms with Crippen LogP contribution in [0.2, 0.25) is 0 Å². The smallest absolute Gasteiger partial charge is 0.250 e. The van der Waals surface area contributed by atoms with Crippen molar-refractivity contribution in [2.45, 2.75) is 45.7 Å². The molecule has 1 unspecified atom stereocenters. The monoisotopic (exact) mass is 287 g/mol. The van der Waals surface area contributed by atoms with Crippen molar-refractivity contribution in [2.24, 2.45) is 5.73 Å². The maximum absolute atomic E-state index is 12.0. The number of hydrogen-bond donors (Lipinski definition) is 2. The minimum absolute atomic E-state index is 0. The third kappa shape index (κ3) is 4.69. The van der Waals surface area contributed by atoms with E-state index in [4.69, 9.17) is 5.73 Å². The molecular formula is C13H22ClN3O2. The van der Waals surface area contributed by atoms with Gasteiger partial charge in [-0.05, 0) is 26.3 Å². The van der Waals surface area contributed by atoms with E-state index in [9.17, 15) is 9.59 Å². The molecule has 0 radical (unpaired) electrons. The van der Waals surface area contributed by atoms with E-state index in [-0.39, 0.29) is 23.9 Å². The first-order chi connectivity index (χ1) is 8.40. The second-order valence-corrected chi connectivity index (χ2v) is 4.66. The normalized spacial score (nSPS) is 13.3. The number of nitrogens with two attached hydrogens (primary N) is 1. The minimum atomic E-state index is -0.887. The molecule has 1 atom stereocenters. The van der Waals surface area contributed by atoms with Gasteiger partial charge in [0.05, 0.1) is 11.2 Å². The number of aromatic nitrogens is 1. The van der Waals surface area contributed by atoms with Crippen molar-refractivity contribution < 1.29 is 4.79 Å². The van der Waals surface area contributed by atoms with Gasteiger partial charge in [0, 0.05) is 18.8 Å². The molecule has 1 amide bonds. The van der Waals surface area contributed by atoms with Gasteiger partial charge in [0.25, 0.3) is 5.56 Å². The molecule has 0 spiro atoms. The van der Waals surface area contributed by atoms with Crippen LogP contribution in [-0.2, 0) is 11.3 Å². The lowest BCUT2D eigenvalue weighted by Gasteiger charge is -2.22. The van der Waals surface area contributed by atoms with Crippen LogP contribution >= 0.6 is 12.4 Å². The predicted molar refractivity (Wildman–Crippen MR) is 79.8 cm³/mol. The summed E-state index contributed by atoms with van der Waals surface area (Å²) in [5.74, 6) is -0.231. The molecule has 5 nitrogen and oxygen atoms in total. The molecule has 108 valence electrons. The average molecular weight is 288 g/mol. The highest BCUT2D eigenvalue weighted by Gasteiger charge is 2.27. The molecule has 0 aliphatic carbocycles. The van der Waals surface area contributed by atoms with Crippen LogP contribution in [0.5, 0.6) is 0 Å². The number of carbonyl (C=O) groups excluding carboxylic acids is 1. The van der Waals surface area contributed by atoms with Crippen LogP contribution < -0.4 is 16.6 Å². The Morgan fingerprint density at radius 2 is 2.05 bits per heavy atom. The number of amides is 1. The van der Waals surface area contributed by atoms with Crippen LogP contribution in [0.25, 0.3) is 0 Å². The van der Waals surface area contributed by atoms with Gasteiger partial charge in [-0.3, -0.25) is 9.59 Å². The summed E-state index contributed by atoms with van der Waals surface area (Å²) in [5.41, 5.74) is 5.56. The van der Waals surface area contributed by atoms with Gasteiger partial charge in [-0.1, -0.05) is 13.3 Å². The van der Waals surface area contributed by atoms with Crippen molar-refractivity contribution in [3.63, 3.8) is 0 Å². The number of pyridine rings is 1. The third-order valence-corrected chi connectivity index (χ3v) is 2.87. The molecule has 3 N–H and O–H groups in total. The van der Waals surface area contributed by atoms with Crippen LogP contribution in [0, 0.1) is 0 Å². The highest BCUT2D eigenvalue weighted by atomic mass is 35.5. The van der Waals surface area contributed by atoms with E-state index in [1.807, 2.05) is 13.8 Å². The fourth-order valence-corrected chi connectivity index (χ4v) is 1.76. The topological polar surface area (TPSA) is 77.1 Å². The van der Waals surface area contributed by atoms with Crippen LogP contribution in [0.15, 0.2) is 23.1 Å². The van der Waals surface area contributed by atoms with Crippen molar-refractivity contribution in [2.75, 3.05) is 5.32 Å². The molecule has 6 heteroatoms. The quantitative estimate of drug-likeness (QED) is 0.866. The SMILES string of the molecule is CCCC(C)(N)C(=O)Nc1ccc(=O)n(CC)c1.Cl. The number of hydrogen-bond acceptors (Lipinski definition) is 3. The average Bonchev–Trinajstić information content (AvgIpc) is 2.31. The van der Waals surface area contributed by atoms with E-state index in [0.717, 1.165) is 6.42 Å². The number of rotatable bonds is 5. The Hall–Kier alpha value is -1.33. The van der Waals surface area contributed by atoms with Crippen molar-refractivity contribution in [1.82, 2.24) is 4.57 Å². The van der Waals surface area contributed by atoms with Crippen LogP contribution in [-0.4, -0.2) is 16.0 Å². The summed E-state index contributed by atoms with van der Waals surface area (Å²) >= 11 is 0. The summed E-state index contributed by atoms with van der Waals surface area (Å²) in [6, 6.07) is 3.03. The molecule has 1 rings (SSSR count). The summed E-state index contributed by atoms with van der Waals surface area (Å²) in [5, 5.41) is 2.75. The molecule has 0 bridgehead atoms. The number of nitrogens with one attached hydrogen (secondary N) is 1. The van der Waals surface area contributed by atoms with Gasteiger partial charge < -0.3 is 15.6 Å².